The fraction of sp³-hybridized carbons (Fsp3) is 0.348. The van der Waals surface area contributed by atoms with Crippen molar-refractivity contribution >= 4 is 23.4 Å². The predicted octanol–water partition coefficient (Wildman–Crippen LogP) is 4.20. The predicted molar refractivity (Wildman–Crippen MR) is 123 cm³/mol. The Morgan fingerprint density at radius 1 is 1.10 bits per heavy atom. The number of fused-ring (bicyclic) bond motifs is 1. The van der Waals surface area contributed by atoms with Crippen LogP contribution in [-0.2, 0) is 17.6 Å². The van der Waals surface area contributed by atoms with E-state index in [0.29, 0.717) is 11.8 Å². The van der Waals surface area contributed by atoms with Crippen LogP contribution in [-0.4, -0.2) is 32.6 Å². The maximum atomic E-state index is 13.4. The number of aryl methyl sites for hydroxylation is 2. The third-order valence-electron chi connectivity index (χ3n) is 5.28. The molecule has 162 valence electrons. The molecule has 1 aliphatic rings. The van der Waals surface area contributed by atoms with Gasteiger partial charge >= 0.3 is 0 Å². The largest absolute Gasteiger partial charge is 0.494 e. The third kappa shape index (κ3) is 4.39. The number of para-hydroxylation sites is 1. The normalized spacial score (nSPS) is 17.5. The molecule has 0 saturated heterocycles. The van der Waals surface area contributed by atoms with Crippen molar-refractivity contribution < 1.29 is 9.53 Å². The van der Waals surface area contributed by atoms with Crippen molar-refractivity contribution in [2.75, 3.05) is 17.3 Å². The van der Waals surface area contributed by atoms with E-state index < -0.39 is 5.25 Å². The molecule has 4 rings (SSSR count). The highest BCUT2D eigenvalue weighted by Crippen LogP contribution is 2.38. The SMILES string of the molecule is CCOc1ccc([C@@H]2Nn3c(CC)nnc3S[C@H]2C(=O)Nc2ccccc2CC)cc1. The van der Waals surface area contributed by atoms with Gasteiger partial charge in [-0.15, -0.1) is 10.2 Å². The number of hydrogen-bond acceptors (Lipinski definition) is 6. The summed E-state index contributed by atoms with van der Waals surface area (Å²) < 4.78 is 7.48. The van der Waals surface area contributed by atoms with Gasteiger partial charge in [-0.25, -0.2) is 4.68 Å². The topological polar surface area (TPSA) is 81.1 Å². The lowest BCUT2D eigenvalue weighted by atomic mass is 10.0. The van der Waals surface area contributed by atoms with Gasteiger partial charge in [-0.3, -0.25) is 4.79 Å². The molecule has 1 aromatic heterocycles. The Kier molecular flexibility index (Phi) is 6.46. The van der Waals surface area contributed by atoms with E-state index in [0.717, 1.165) is 41.2 Å². The van der Waals surface area contributed by atoms with Crippen LogP contribution in [0.2, 0.25) is 0 Å². The van der Waals surface area contributed by atoms with Crippen molar-refractivity contribution in [1.82, 2.24) is 14.9 Å². The summed E-state index contributed by atoms with van der Waals surface area (Å²) in [6.45, 7) is 6.69. The summed E-state index contributed by atoms with van der Waals surface area (Å²) in [7, 11) is 0. The van der Waals surface area contributed by atoms with E-state index >= 15 is 0 Å². The third-order valence-corrected chi connectivity index (χ3v) is 6.50. The minimum Gasteiger partial charge on any atom is -0.494 e. The molecular formula is C23H27N5O2S. The second kappa shape index (κ2) is 9.43. The van der Waals surface area contributed by atoms with Gasteiger partial charge in [0.2, 0.25) is 11.1 Å². The Labute approximate surface area is 186 Å². The number of thioether (sulfide) groups is 1. The highest BCUT2D eigenvalue weighted by Gasteiger charge is 2.37. The van der Waals surface area contributed by atoms with Gasteiger partial charge in [-0.05, 0) is 42.7 Å². The standard InChI is InChI=1S/C23H27N5O2S/c1-4-15-9-7-8-10-18(15)24-22(29)21-20(16-11-13-17(14-12-16)30-6-3)27-28-19(5-2)25-26-23(28)31-21/h7-14,20-21,27H,4-6H2,1-3H3,(H,24,29)/t20-,21+/m0/s1. The molecule has 8 heteroatoms. The number of carbonyl (C=O) groups excluding carboxylic acids is 1. The lowest BCUT2D eigenvalue weighted by molar-refractivity contribution is -0.116. The number of anilines is 1. The maximum absolute atomic E-state index is 13.4. The van der Waals surface area contributed by atoms with E-state index in [9.17, 15) is 4.79 Å². The zero-order valence-corrected chi connectivity index (χ0v) is 18.8. The quantitative estimate of drug-likeness (QED) is 0.577. The summed E-state index contributed by atoms with van der Waals surface area (Å²) in [4.78, 5) is 13.4. The smallest absolute Gasteiger partial charge is 0.240 e. The van der Waals surface area contributed by atoms with Gasteiger partial charge in [-0.2, -0.15) is 0 Å². The van der Waals surface area contributed by atoms with E-state index in [1.807, 2.05) is 67.1 Å². The monoisotopic (exact) mass is 437 g/mol. The Morgan fingerprint density at radius 2 is 1.87 bits per heavy atom. The van der Waals surface area contributed by atoms with Gasteiger partial charge in [0.25, 0.3) is 0 Å². The van der Waals surface area contributed by atoms with Gasteiger partial charge in [0.1, 0.15) is 11.0 Å². The van der Waals surface area contributed by atoms with E-state index in [1.165, 1.54) is 11.8 Å². The van der Waals surface area contributed by atoms with Crippen LogP contribution >= 0.6 is 11.8 Å². The molecule has 7 nitrogen and oxygen atoms in total. The van der Waals surface area contributed by atoms with E-state index in [1.54, 1.807) is 0 Å². The number of rotatable bonds is 7. The molecule has 2 atom stereocenters. The summed E-state index contributed by atoms with van der Waals surface area (Å²) >= 11 is 1.43. The first kappa shape index (κ1) is 21.2. The van der Waals surface area contributed by atoms with Crippen molar-refractivity contribution in [2.24, 2.45) is 0 Å². The fourth-order valence-corrected chi connectivity index (χ4v) is 4.77. The summed E-state index contributed by atoms with van der Waals surface area (Å²) in [5, 5.41) is 12.0. The second-order valence-corrected chi connectivity index (χ2v) is 8.34. The molecule has 0 unspecified atom stereocenters. The molecule has 0 bridgehead atoms. The van der Waals surface area contributed by atoms with Crippen LogP contribution < -0.4 is 15.5 Å². The average Bonchev–Trinajstić information content (AvgIpc) is 3.21. The Morgan fingerprint density at radius 3 is 2.58 bits per heavy atom. The summed E-state index contributed by atoms with van der Waals surface area (Å²) in [6.07, 6.45) is 1.60. The molecule has 0 radical (unpaired) electrons. The second-order valence-electron chi connectivity index (χ2n) is 7.23. The first-order chi connectivity index (χ1) is 15.1. The number of benzene rings is 2. The molecule has 1 aliphatic heterocycles. The molecule has 2 aromatic carbocycles. The average molecular weight is 438 g/mol. The van der Waals surface area contributed by atoms with Crippen molar-refractivity contribution in [3.05, 3.63) is 65.5 Å². The lowest BCUT2D eigenvalue weighted by Gasteiger charge is -2.33. The van der Waals surface area contributed by atoms with Gasteiger partial charge in [0.15, 0.2) is 5.82 Å². The first-order valence-corrected chi connectivity index (χ1v) is 11.5. The molecule has 0 aliphatic carbocycles. The fourth-order valence-electron chi connectivity index (χ4n) is 3.67. The Bertz CT molecular complexity index is 1050. The van der Waals surface area contributed by atoms with E-state index in [4.69, 9.17) is 4.74 Å². The molecule has 0 fully saturated rings. The van der Waals surface area contributed by atoms with E-state index in [-0.39, 0.29) is 11.9 Å². The number of nitrogens with zero attached hydrogens (tertiary/aromatic N) is 3. The van der Waals surface area contributed by atoms with Crippen LogP contribution in [0.4, 0.5) is 5.69 Å². The van der Waals surface area contributed by atoms with Crippen LogP contribution in [0.1, 0.15) is 43.8 Å². The van der Waals surface area contributed by atoms with Crippen molar-refractivity contribution in [3.8, 4) is 5.75 Å². The van der Waals surface area contributed by atoms with Crippen LogP contribution in [0.15, 0.2) is 53.7 Å². The van der Waals surface area contributed by atoms with Crippen molar-refractivity contribution in [1.29, 1.82) is 0 Å². The lowest BCUT2D eigenvalue weighted by Crippen LogP contribution is -2.41. The summed E-state index contributed by atoms with van der Waals surface area (Å²) in [5.74, 6) is 1.59. The molecular weight excluding hydrogens is 410 g/mol. The molecule has 0 spiro atoms. The van der Waals surface area contributed by atoms with Crippen molar-refractivity contribution in [3.63, 3.8) is 0 Å². The minimum absolute atomic E-state index is 0.0652. The number of nitrogens with one attached hydrogen (secondary N) is 2. The van der Waals surface area contributed by atoms with Gasteiger partial charge in [-0.1, -0.05) is 55.9 Å². The Hall–Kier alpha value is -3.00. The van der Waals surface area contributed by atoms with Crippen LogP contribution in [0.25, 0.3) is 0 Å². The van der Waals surface area contributed by atoms with Gasteiger partial charge < -0.3 is 15.5 Å². The van der Waals surface area contributed by atoms with Gasteiger partial charge in [0.05, 0.1) is 12.6 Å². The van der Waals surface area contributed by atoms with Crippen LogP contribution in [0, 0.1) is 0 Å². The maximum Gasteiger partial charge on any atom is 0.240 e. The molecule has 1 amide bonds. The zero-order valence-electron chi connectivity index (χ0n) is 18.0. The highest BCUT2D eigenvalue weighted by molar-refractivity contribution is 8.00. The zero-order chi connectivity index (χ0) is 21.8. The molecule has 31 heavy (non-hydrogen) atoms. The van der Waals surface area contributed by atoms with Crippen LogP contribution in [0.3, 0.4) is 0 Å². The van der Waals surface area contributed by atoms with Crippen molar-refractivity contribution in [2.45, 2.75) is 50.1 Å². The molecule has 3 aromatic rings. The number of aromatic nitrogens is 3. The number of hydrogen-bond donors (Lipinski definition) is 2. The summed E-state index contributed by atoms with van der Waals surface area (Å²) in [6, 6.07) is 15.6. The van der Waals surface area contributed by atoms with Gasteiger partial charge in [0, 0.05) is 12.1 Å². The first-order valence-electron chi connectivity index (χ1n) is 10.6. The number of amides is 1. The molecule has 2 N–H and O–H groups in total. The number of ether oxygens (including phenoxy) is 1. The highest BCUT2D eigenvalue weighted by atomic mass is 32.2. The molecule has 0 saturated carbocycles. The molecule has 2 heterocycles. The summed E-state index contributed by atoms with van der Waals surface area (Å²) in [5.41, 5.74) is 6.44. The minimum atomic E-state index is -0.413. The Balaban J connectivity index is 1.66. The number of carbonyl (C=O) groups is 1. The van der Waals surface area contributed by atoms with Crippen LogP contribution in [0.5, 0.6) is 5.75 Å². The van der Waals surface area contributed by atoms with E-state index in [2.05, 4.69) is 27.9 Å².